The maximum Gasteiger partial charge on any atom is 0.418 e. The summed E-state index contributed by atoms with van der Waals surface area (Å²) < 4.78 is 77.2. The summed E-state index contributed by atoms with van der Waals surface area (Å²) in [5, 5.41) is 4.31. The molecule has 0 aliphatic carbocycles. The van der Waals surface area contributed by atoms with Crippen LogP contribution < -0.4 is 15.4 Å². The van der Waals surface area contributed by atoms with Crippen molar-refractivity contribution in [3.8, 4) is 6.01 Å². The number of carbonyl (C=O) groups excluding carboxylic acids is 1. The standard InChI is InChI=1S/C32H37Cl2F3N8O3.C2H2F2/c1-42(2)29(46)27-26(34)23-15-43(8-5-11-45(23)41-27)28-20-16-47-24(19-12-18(38)13-21(33)25(19)32(35,36)37)14-22(20)39-30(40-28)48-17-31-6-3-9-44(31)10-4-7-31;1-2(3)4/h12-13,24H,3-11,14-17,38H2,1-2H3;1H2. The second-order valence-corrected chi connectivity index (χ2v) is 14.4. The summed E-state index contributed by atoms with van der Waals surface area (Å²) in [6, 6.07) is 2.52. The third-order valence-electron chi connectivity index (χ3n) is 9.95. The van der Waals surface area contributed by atoms with E-state index in [0.29, 0.717) is 55.4 Å². The van der Waals surface area contributed by atoms with Gasteiger partial charge in [0, 0.05) is 44.9 Å². The smallest absolute Gasteiger partial charge is 0.418 e. The summed E-state index contributed by atoms with van der Waals surface area (Å²) in [5.74, 6) is 0.252. The Morgan fingerprint density at radius 3 is 2.46 bits per heavy atom. The van der Waals surface area contributed by atoms with Gasteiger partial charge in [0.15, 0.2) is 5.69 Å². The third kappa shape index (κ3) is 7.66. The molecule has 0 spiro atoms. The van der Waals surface area contributed by atoms with E-state index in [9.17, 15) is 26.7 Å². The number of nitrogens with two attached hydrogens (primary N) is 1. The molecule has 7 rings (SSSR count). The van der Waals surface area contributed by atoms with Crippen LogP contribution in [0, 0.1) is 0 Å². The van der Waals surface area contributed by atoms with Crippen molar-refractivity contribution in [1.29, 1.82) is 0 Å². The Balaban J connectivity index is 0.00000110. The molecule has 1 unspecified atom stereocenters. The number of amides is 1. The predicted octanol–water partition coefficient (Wildman–Crippen LogP) is 6.91. The lowest BCUT2D eigenvalue weighted by molar-refractivity contribution is -0.139. The van der Waals surface area contributed by atoms with E-state index in [1.165, 1.54) is 11.0 Å². The summed E-state index contributed by atoms with van der Waals surface area (Å²) in [7, 11) is 3.28. The molecule has 2 N–H and O–H groups in total. The molecule has 11 nitrogen and oxygen atoms in total. The average Bonchev–Trinajstić information content (AvgIpc) is 3.68. The van der Waals surface area contributed by atoms with Gasteiger partial charge in [0.2, 0.25) is 0 Å². The molecule has 1 atom stereocenters. The van der Waals surface area contributed by atoms with Gasteiger partial charge in [-0.15, -0.1) is 0 Å². The summed E-state index contributed by atoms with van der Waals surface area (Å²) in [6.45, 7) is 6.06. The lowest BCUT2D eigenvalue weighted by Gasteiger charge is -2.33. The van der Waals surface area contributed by atoms with Crippen molar-refractivity contribution in [1.82, 2.24) is 29.5 Å². The van der Waals surface area contributed by atoms with Gasteiger partial charge in [-0.2, -0.15) is 37.0 Å². The van der Waals surface area contributed by atoms with Crippen LogP contribution in [0.4, 0.5) is 33.5 Å². The number of alkyl halides is 3. The Hall–Kier alpha value is -3.73. The van der Waals surface area contributed by atoms with Gasteiger partial charge in [-0.05, 0) is 69.5 Å². The molecule has 18 heteroatoms. The van der Waals surface area contributed by atoms with Crippen molar-refractivity contribution in [2.75, 3.05) is 51.0 Å². The van der Waals surface area contributed by atoms with E-state index in [0.717, 1.165) is 44.8 Å². The van der Waals surface area contributed by atoms with Crippen molar-refractivity contribution >= 4 is 40.6 Å². The van der Waals surface area contributed by atoms with Gasteiger partial charge < -0.3 is 25.0 Å². The number of hydrogen-bond acceptors (Lipinski definition) is 9. The van der Waals surface area contributed by atoms with E-state index in [2.05, 4.69) is 16.6 Å². The lowest BCUT2D eigenvalue weighted by atomic mass is 9.94. The Labute approximate surface area is 307 Å². The molecule has 3 aromatic rings. The molecule has 2 fully saturated rings. The molecule has 282 valence electrons. The number of nitrogen functional groups attached to an aromatic ring is 1. The van der Waals surface area contributed by atoms with Gasteiger partial charge in [-0.25, -0.2) is 0 Å². The number of benzene rings is 1. The van der Waals surface area contributed by atoms with Crippen LogP contribution in [0.3, 0.4) is 0 Å². The van der Waals surface area contributed by atoms with E-state index in [4.69, 9.17) is 48.4 Å². The fourth-order valence-corrected chi connectivity index (χ4v) is 8.25. The van der Waals surface area contributed by atoms with Crippen molar-refractivity contribution in [3.63, 3.8) is 0 Å². The predicted molar refractivity (Wildman–Crippen MR) is 185 cm³/mol. The molecule has 6 heterocycles. The Bertz CT molecular complexity index is 1840. The summed E-state index contributed by atoms with van der Waals surface area (Å²) >= 11 is 12.9. The molecule has 0 bridgehead atoms. The third-order valence-corrected chi connectivity index (χ3v) is 10.6. The number of ether oxygens (including phenoxy) is 2. The SMILES string of the molecule is C=C(F)F.CN(C)C(=O)c1nn2c(c1Cl)CN(c1nc(OCC34CCCN3CCC4)nc3c1COC(c1cc(N)cc(Cl)c1C(F)(F)F)C3)CCC2. The molecule has 4 aliphatic rings. The second kappa shape index (κ2) is 15.0. The fraction of sp³-hybridized carbons (Fsp3) is 0.529. The first-order valence-electron chi connectivity index (χ1n) is 16.8. The molecule has 52 heavy (non-hydrogen) atoms. The summed E-state index contributed by atoms with van der Waals surface area (Å²) in [5.41, 5.74) is 6.90. The highest BCUT2D eigenvalue weighted by molar-refractivity contribution is 6.34. The largest absolute Gasteiger partial charge is 0.461 e. The number of halogens is 7. The molecular weight excluding hydrogens is 734 g/mol. The summed E-state index contributed by atoms with van der Waals surface area (Å²) in [6.07, 6.45) is -2.61. The first-order chi connectivity index (χ1) is 24.6. The molecule has 1 amide bonds. The number of aromatic nitrogens is 4. The number of carbonyl (C=O) groups is 1. The van der Waals surface area contributed by atoms with Gasteiger partial charge in [0.1, 0.15) is 12.4 Å². The number of anilines is 2. The molecule has 2 aromatic heterocycles. The van der Waals surface area contributed by atoms with E-state index in [1.54, 1.807) is 18.8 Å². The van der Waals surface area contributed by atoms with E-state index < -0.39 is 28.9 Å². The van der Waals surface area contributed by atoms with Gasteiger partial charge >= 0.3 is 12.2 Å². The maximum absolute atomic E-state index is 14.2. The van der Waals surface area contributed by atoms with Crippen LogP contribution >= 0.6 is 23.2 Å². The zero-order valence-corrected chi connectivity index (χ0v) is 30.2. The highest BCUT2D eigenvalue weighted by atomic mass is 35.5. The van der Waals surface area contributed by atoms with Crippen LogP contribution in [-0.4, -0.2) is 81.3 Å². The minimum Gasteiger partial charge on any atom is -0.461 e. The lowest BCUT2D eigenvalue weighted by Crippen LogP contribution is -2.43. The normalized spacial score (nSPS) is 19.6. The van der Waals surface area contributed by atoms with Gasteiger partial charge in [-0.3, -0.25) is 14.4 Å². The molecule has 4 aliphatic heterocycles. The highest BCUT2D eigenvalue weighted by Gasteiger charge is 2.45. The van der Waals surface area contributed by atoms with Crippen molar-refractivity contribution < 1.29 is 36.2 Å². The Morgan fingerprint density at radius 1 is 1.12 bits per heavy atom. The fourth-order valence-electron chi connectivity index (χ4n) is 7.63. The number of nitrogens with zero attached hydrogens (tertiary/aromatic N) is 7. The topological polar surface area (TPSA) is 115 Å². The summed E-state index contributed by atoms with van der Waals surface area (Å²) in [4.78, 5) is 28.4. The van der Waals surface area contributed by atoms with Crippen LogP contribution in [0.1, 0.15) is 76.8 Å². The van der Waals surface area contributed by atoms with Crippen molar-refractivity contribution in [3.05, 3.63) is 68.6 Å². The Kier molecular flexibility index (Phi) is 10.9. The number of fused-ring (bicyclic) bond motifs is 3. The van der Waals surface area contributed by atoms with Crippen LogP contribution in [-0.2, 0) is 37.0 Å². The van der Waals surface area contributed by atoms with Gasteiger partial charge in [0.25, 0.3) is 12.0 Å². The first kappa shape index (κ1) is 38.0. The monoisotopic (exact) mass is 772 g/mol. The van der Waals surface area contributed by atoms with Crippen LogP contribution in [0.15, 0.2) is 24.8 Å². The maximum atomic E-state index is 14.2. The van der Waals surface area contributed by atoms with E-state index in [1.807, 2.05) is 4.90 Å². The van der Waals surface area contributed by atoms with E-state index in [-0.39, 0.29) is 52.5 Å². The molecule has 0 radical (unpaired) electrons. The van der Waals surface area contributed by atoms with Crippen LogP contribution in [0.25, 0.3) is 0 Å². The number of hydrogen-bond donors (Lipinski definition) is 1. The van der Waals surface area contributed by atoms with Crippen molar-refractivity contribution in [2.24, 2.45) is 0 Å². The first-order valence-corrected chi connectivity index (χ1v) is 17.6. The molecular formula is C34H39Cl2F5N8O3. The minimum atomic E-state index is -4.72. The Morgan fingerprint density at radius 2 is 1.81 bits per heavy atom. The minimum absolute atomic E-state index is 0.0232. The van der Waals surface area contributed by atoms with Crippen LogP contribution in [0.2, 0.25) is 10.0 Å². The molecule has 1 aromatic carbocycles. The zero-order valence-electron chi connectivity index (χ0n) is 28.7. The second-order valence-electron chi connectivity index (χ2n) is 13.6. The zero-order chi connectivity index (χ0) is 37.5. The highest BCUT2D eigenvalue weighted by Crippen LogP contribution is 2.45. The average molecular weight is 774 g/mol. The molecule has 2 saturated heterocycles. The van der Waals surface area contributed by atoms with Gasteiger partial charge in [0.05, 0.1) is 51.8 Å². The quantitative estimate of drug-likeness (QED) is 0.211. The van der Waals surface area contributed by atoms with E-state index >= 15 is 0 Å². The van der Waals surface area contributed by atoms with Crippen LogP contribution in [0.5, 0.6) is 6.01 Å². The molecule has 0 saturated carbocycles. The van der Waals surface area contributed by atoms with Crippen molar-refractivity contribution in [2.45, 2.75) is 76.0 Å². The number of aryl methyl sites for hydroxylation is 1. The van der Waals surface area contributed by atoms with Gasteiger partial charge in [-0.1, -0.05) is 23.2 Å². The number of rotatable bonds is 6.